The number of methoxy groups -OCH3 is 2. The maximum atomic E-state index is 13.7. The van der Waals surface area contributed by atoms with Crippen LogP contribution in [0.2, 0.25) is 0 Å². The minimum absolute atomic E-state index is 0.0509. The number of alkyl halides is 3. The van der Waals surface area contributed by atoms with Crippen molar-refractivity contribution >= 4 is 16.1 Å². The first-order valence-electron chi connectivity index (χ1n) is 12.4. The van der Waals surface area contributed by atoms with Crippen LogP contribution in [0.4, 0.5) is 13.2 Å². The average molecular weight is 623 g/mol. The molecule has 0 aliphatic heterocycles. The Hall–Kier alpha value is -2.25. The molecule has 41 heavy (non-hydrogen) atoms. The van der Waals surface area contributed by atoms with Crippen LogP contribution in [0.5, 0.6) is 11.5 Å². The zero-order valence-corrected chi connectivity index (χ0v) is 23.7. The maximum Gasteiger partial charge on any atom is 0.403 e. The maximum absolute atomic E-state index is 13.7. The summed E-state index contributed by atoms with van der Waals surface area (Å²) < 4.78 is 117. The van der Waals surface area contributed by atoms with E-state index in [1.165, 1.54) is 18.2 Å². The van der Waals surface area contributed by atoms with E-state index in [9.17, 15) is 26.4 Å². The lowest BCUT2D eigenvalue weighted by Crippen LogP contribution is -2.41. The highest BCUT2D eigenvalue weighted by Gasteiger charge is 2.53. The molecule has 0 amide bonds. The first-order chi connectivity index (χ1) is 19.5. The smallest absolute Gasteiger partial charge is 0.403 e. The van der Waals surface area contributed by atoms with E-state index in [0.717, 1.165) is 0 Å². The molecule has 1 N–H and O–H groups in total. The number of hydrogen-bond donors (Lipinski definition) is 1. The number of rotatable bonds is 25. The summed E-state index contributed by atoms with van der Waals surface area (Å²) in [6.45, 7) is 1.81. The van der Waals surface area contributed by atoms with E-state index < -0.39 is 34.1 Å². The van der Waals surface area contributed by atoms with Gasteiger partial charge in [-0.1, -0.05) is 0 Å². The second-order valence-corrected chi connectivity index (χ2v) is 9.42. The lowest BCUT2D eigenvalue weighted by molar-refractivity contribution is -0.0357. The molecule has 0 saturated heterocycles. The van der Waals surface area contributed by atoms with Gasteiger partial charge in [0.25, 0.3) is 0 Å². The number of ether oxygens (including phenoxy) is 9. The molecule has 0 radical (unpaired) electrons. The van der Waals surface area contributed by atoms with Crippen molar-refractivity contribution in [2.24, 2.45) is 0 Å². The van der Waals surface area contributed by atoms with Crippen LogP contribution in [-0.4, -0.2) is 130 Å². The fourth-order valence-electron chi connectivity index (χ4n) is 2.71. The molecule has 1 atom stereocenters. The van der Waals surface area contributed by atoms with E-state index in [2.05, 4.69) is 4.74 Å². The van der Waals surface area contributed by atoms with E-state index in [1.807, 2.05) is 0 Å². The third-order valence-corrected chi connectivity index (χ3v) is 5.73. The van der Waals surface area contributed by atoms with Crippen molar-refractivity contribution in [2.45, 2.75) is 11.4 Å². The number of hydrogen-bond acceptors (Lipinski definition) is 12. The summed E-state index contributed by atoms with van der Waals surface area (Å²) in [5.41, 5.74) is -0.264. The molecular weight excluding hydrogens is 585 g/mol. The monoisotopic (exact) mass is 622 g/mol. The first-order valence-corrected chi connectivity index (χ1v) is 13.8. The highest BCUT2D eigenvalue weighted by Crippen LogP contribution is 2.28. The topological polar surface area (TPSA) is 155 Å². The molecule has 0 saturated carbocycles. The van der Waals surface area contributed by atoms with Crippen molar-refractivity contribution in [3.05, 3.63) is 23.8 Å². The normalized spacial score (nSPS) is 12.7. The summed E-state index contributed by atoms with van der Waals surface area (Å²) in [6, 6.07) is 3.80. The minimum Gasteiger partial charge on any atom is -0.491 e. The van der Waals surface area contributed by atoms with Gasteiger partial charge < -0.3 is 42.6 Å². The lowest BCUT2D eigenvalue weighted by Gasteiger charge is -2.17. The molecule has 17 heteroatoms. The molecule has 0 fully saturated rings. The highest BCUT2D eigenvalue weighted by atomic mass is 32.2. The lowest BCUT2D eigenvalue weighted by atomic mass is 10.2. The summed E-state index contributed by atoms with van der Waals surface area (Å²) >= 11 is 0. The third-order valence-electron chi connectivity index (χ3n) is 4.79. The SMILES string of the molecule is COCCOCCOCCOc1cc(OCCOCCOCCOC)cc(C(=O)OCC(F)C(F)(F)S(=O)(=O)O)c1. The Bertz CT molecular complexity index is 926. The zero-order chi connectivity index (χ0) is 30.6. The predicted molar refractivity (Wildman–Crippen MR) is 136 cm³/mol. The van der Waals surface area contributed by atoms with E-state index in [-0.39, 0.29) is 43.5 Å². The Balaban J connectivity index is 2.70. The van der Waals surface area contributed by atoms with Gasteiger partial charge in [-0.3, -0.25) is 4.55 Å². The van der Waals surface area contributed by atoms with Crippen LogP contribution in [0.15, 0.2) is 18.2 Å². The van der Waals surface area contributed by atoms with Crippen molar-refractivity contribution in [1.82, 2.24) is 0 Å². The molecule has 1 rings (SSSR count). The van der Waals surface area contributed by atoms with Gasteiger partial charge in [-0.25, -0.2) is 9.18 Å². The molecule has 1 aromatic carbocycles. The largest absolute Gasteiger partial charge is 0.491 e. The molecule has 0 aliphatic carbocycles. The van der Waals surface area contributed by atoms with Gasteiger partial charge in [0.2, 0.25) is 6.17 Å². The predicted octanol–water partition coefficient (Wildman–Crippen LogP) is 1.78. The van der Waals surface area contributed by atoms with Crippen molar-refractivity contribution in [3.8, 4) is 11.5 Å². The van der Waals surface area contributed by atoms with Gasteiger partial charge in [0.05, 0.1) is 71.6 Å². The number of esters is 1. The van der Waals surface area contributed by atoms with Gasteiger partial charge >= 0.3 is 21.3 Å². The molecule has 0 aliphatic rings. The van der Waals surface area contributed by atoms with Gasteiger partial charge in [0.1, 0.15) is 31.3 Å². The molecule has 0 spiro atoms. The van der Waals surface area contributed by atoms with E-state index in [4.69, 9.17) is 42.4 Å². The molecule has 0 bridgehead atoms. The number of carbonyl (C=O) groups is 1. The van der Waals surface area contributed by atoms with E-state index >= 15 is 0 Å². The number of carbonyl (C=O) groups excluding carboxylic acids is 1. The Morgan fingerprint density at radius 1 is 0.756 bits per heavy atom. The van der Waals surface area contributed by atoms with Crippen molar-refractivity contribution in [3.63, 3.8) is 0 Å². The molecule has 1 aromatic rings. The second-order valence-electron chi connectivity index (χ2n) is 7.93. The van der Waals surface area contributed by atoms with Crippen molar-refractivity contribution in [1.29, 1.82) is 0 Å². The fraction of sp³-hybridized carbons (Fsp3) is 0.708. The van der Waals surface area contributed by atoms with Gasteiger partial charge in [0.15, 0.2) is 0 Å². The summed E-state index contributed by atoms with van der Waals surface area (Å²) in [5.74, 6) is -1.05. The number of benzene rings is 1. The van der Waals surface area contributed by atoms with Gasteiger partial charge in [-0.05, 0) is 12.1 Å². The Morgan fingerprint density at radius 3 is 1.54 bits per heavy atom. The Morgan fingerprint density at radius 2 is 1.15 bits per heavy atom. The van der Waals surface area contributed by atoms with Crippen LogP contribution in [0.1, 0.15) is 10.4 Å². The van der Waals surface area contributed by atoms with E-state index in [1.54, 1.807) is 14.2 Å². The van der Waals surface area contributed by atoms with E-state index in [0.29, 0.717) is 52.9 Å². The van der Waals surface area contributed by atoms with Crippen LogP contribution in [-0.2, 0) is 43.3 Å². The Kier molecular flexibility index (Phi) is 18.5. The zero-order valence-electron chi connectivity index (χ0n) is 22.9. The molecular formula is C24H37F3O13S. The first kappa shape index (κ1) is 36.8. The number of halogens is 3. The fourth-order valence-corrected chi connectivity index (χ4v) is 3.10. The van der Waals surface area contributed by atoms with Gasteiger partial charge in [-0.15, -0.1) is 0 Å². The van der Waals surface area contributed by atoms with Crippen molar-refractivity contribution in [2.75, 3.05) is 100 Å². The van der Waals surface area contributed by atoms with Gasteiger partial charge in [0, 0.05) is 20.3 Å². The standard InChI is InChI=1S/C24H37F3O13S/c1-32-3-5-34-7-9-36-11-13-38-20-15-19(23(28)40-18-22(25)24(26,27)41(29,30)31)16-21(17-20)39-14-12-37-10-8-35-6-4-33-2/h15-17,22H,3-14,18H2,1-2H3,(H,29,30,31). The average Bonchev–Trinajstić information content (AvgIpc) is 2.93. The van der Waals surface area contributed by atoms with Crippen molar-refractivity contribution < 1.29 is 73.6 Å². The molecule has 1 unspecified atom stereocenters. The molecule has 13 nitrogen and oxygen atoms in total. The summed E-state index contributed by atoms with van der Waals surface area (Å²) in [5, 5.41) is -5.17. The quantitative estimate of drug-likeness (QED) is 0.0958. The van der Waals surface area contributed by atoms with Crippen LogP contribution < -0.4 is 9.47 Å². The minimum atomic E-state index is -6.06. The van der Waals surface area contributed by atoms with Crippen LogP contribution in [0.3, 0.4) is 0 Å². The van der Waals surface area contributed by atoms with Crippen LogP contribution in [0.25, 0.3) is 0 Å². The molecule has 238 valence electrons. The molecule has 0 aromatic heterocycles. The van der Waals surface area contributed by atoms with Crippen LogP contribution >= 0.6 is 0 Å². The summed E-state index contributed by atoms with van der Waals surface area (Å²) in [6.07, 6.45) is -3.51. The van der Waals surface area contributed by atoms with Gasteiger partial charge in [-0.2, -0.15) is 17.2 Å². The highest BCUT2D eigenvalue weighted by molar-refractivity contribution is 7.86. The van der Waals surface area contributed by atoms with Crippen LogP contribution in [0, 0.1) is 0 Å². The Labute approximate surface area is 236 Å². The second kappa shape index (κ2) is 20.6. The summed E-state index contributed by atoms with van der Waals surface area (Å²) in [4.78, 5) is 12.4. The third kappa shape index (κ3) is 15.5. The molecule has 0 heterocycles. The summed E-state index contributed by atoms with van der Waals surface area (Å²) in [7, 11) is -2.96.